The van der Waals surface area contributed by atoms with Gasteiger partial charge in [0.25, 0.3) is 5.91 Å². The molecule has 2 saturated heterocycles. The number of fused-ring (bicyclic) bond motifs is 1. The minimum atomic E-state index is -1.13. The summed E-state index contributed by atoms with van der Waals surface area (Å²) in [6.07, 6.45) is 3.72. The zero-order valence-electron chi connectivity index (χ0n) is 22.4. The summed E-state index contributed by atoms with van der Waals surface area (Å²) >= 11 is 0. The van der Waals surface area contributed by atoms with E-state index in [1.165, 1.54) is 23.8 Å². The fraction of sp³-hybridized carbons (Fsp3) is 0.345. The van der Waals surface area contributed by atoms with Crippen LogP contribution >= 0.6 is 0 Å². The highest BCUT2D eigenvalue weighted by Crippen LogP contribution is 2.35. The Morgan fingerprint density at radius 2 is 1.85 bits per heavy atom. The molecule has 0 radical (unpaired) electrons. The summed E-state index contributed by atoms with van der Waals surface area (Å²) in [4.78, 5) is 21.6. The monoisotopic (exact) mass is 548 g/mol. The molecule has 1 amide bonds. The van der Waals surface area contributed by atoms with Crippen LogP contribution < -0.4 is 15.0 Å². The van der Waals surface area contributed by atoms with Gasteiger partial charge in [-0.2, -0.15) is 10.1 Å². The van der Waals surface area contributed by atoms with Gasteiger partial charge in [0.05, 0.1) is 25.0 Å². The number of aromatic nitrogens is 3. The molecule has 1 atom stereocenters. The van der Waals surface area contributed by atoms with Gasteiger partial charge >= 0.3 is 0 Å². The van der Waals surface area contributed by atoms with E-state index in [0.29, 0.717) is 24.7 Å². The molecule has 2 aromatic carbocycles. The van der Waals surface area contributed by atoms with Crippen molar-refractivity contribution in [3.8, 4) is 28.1 Å². The molecule has 1 N–H and O–H groups in total. The quantitative estimate of drug-likeness (QED) is 0.394. The number of rotatable bonds is 6. The molecule has 0 bridgehead atoms. The Balaban J connectivity index is 1.42. The number of benzene rings is 2. The first-order chi connectivity index (χ1) is 19.4. The van der Waals surface area contributed by atoms with E-state index in [2.05, 4.69) is 39.4 Å². The van der Waals surface area contributed by atoms with Gasteiger partial charge in [0.1, 0.15) is 6.10 Å². The van der Waals surface area contributed by atoms with Crippen LogP contribution in [0.1, 0.15) is 16.8 Å². The van der Waals surface area contributed by atoms with Crippen LogP contribution in [0.25, 0.3) is 27.9 Å². The molecule has 4 heterocycles. The van der Waals surface area contributed by atoms with Gasteiger partial charge < -0.3 is 24.6 Å². The molecule has 4 aromatic rings. The van der Waals surface area contributed by atoms with Gasteiger partial charge in [-0.3, -0.25) is 4.79 Å². The molecular formula is C29H30F2N6O3. The van der Waals surface area contributed by atoms with Gasteiger partial charge in [-0.05, 0) is 36.9 Å². The lowest BCUT2D eigenvalue weighted by molar-refractivity contribution is 0.0962. The van der Waals surface area contributed by atoms with E-state index in [1.54, 1.807) is 6.20 Å². The number of halogens is 2. The summed E-state index contributed by atoms with van der Waals surface area (Å²) in [5, 5.41) is 6.83. The number of hydrogen-bond acceptors (Lipinski definition) is 7. The van der Waals surface area contributed by atoms with E-state index in [9.17, 15) is 13.6 Å². The highest BCUT2D eigenvalue weighted by molar-refractivity contribution is 5.96. The second-order valence-corrected chi connectivity index (χ2v) is 10.1. The third kappa shape index (κ3) is 4.98. The molecule has 40 heavy (non-hydrogen) atoms. The SMILES string of the molecule is CNC(=O)c1cc(F)c(F)c(-c2cnn3cc(-c4ccc(N5CCN(C)CC5)cc4)c(OC4CCOC4)nc23)c1. The van der Waals surface area contributed by atoms with Crippen molar-refractivity contribution in [2.75, 3.05) is 58.4 Å². The lowest BCUT2D eigenvalue weighted by Crippen LogP contribution is -2.44. The van der Waals surface area contributed by atoms with Crippen molar-refractivity contribution in [3.05, 3.63) is 66.0 Å². The summed E-state index contributed by atoms with van der Waals surface area (Å²) in [7, 11) is 3.56. The van der Waals surface area contributed by atoms with Crippen LogP contribution in [0.2, 0.25) is 0 Å². The molecule has 2 fully saturated rings. The van der Waals surface area contributed by atoms with Crippen molar-refractivity contribution in [1.29, 1.82) is 0 Å². The number of ether oxygens (including phenoxy) is 2. The lowest BCUT2D eigenvalue weighted by Gasteiger charge is -2.34. The van der Waals surface area contributed by atoms with Gasteiger partial charge in [0, 0.05) is 68.2 Å². The Morgan fingerprint density at radius 1 is 1.07 bits per heavy atom. The van der Waals surface area contributed by atoms with E-state index in [0.717, 1.165) is 49.9 Å². The first-order valence-corrected chi connectivity index (χ1v) is 13.3. The highest BCUT2D eigenvalue weighted by atomic mass is 19.2. The van der Waals surface area contributed by atoms with Gasteiger partial charge in [-0.1, -0.05) is 12.1 Å². The minimum Gasteiger partial charge on any atom is -0.471 e. The normalized spacial score (nSPS) is 17.9. The average Bonchev–Trinajstić information content (AvgIpc) is 3.64. The molecule has 2 aliphatic rings. The third-order valence-corrected chi connectivity index (χ3v) is 7.48. The Bertz CT molecular complexity index is 1540. The van der Waals surface area contributed by atoms with Gasteiger partial charge in [0.2, 0.25) is 5.88 Å². The molecule has 2 aromatic heterocycles. The fourth-order valence-electron chi connectivity index (χ4n) is 5.11. The summed E-state index contributed by atoms with van der Waals surface area (Å²) in [5.41, 5.74) is 3.15. The van der Waals surface area contributed by atoms with E-state index < -0.39 is 17.5 Å². The van der Waals surface area contributed by atoms with Crippen molar-refractivity contribution in [1.82, 2.24) is 24.8 Å². The maximum absolute atomic E-state index is 15.0. The van der Waals surface area contributed by atoms with Crippen molar-refractivity contribution in [2.24, 2.45) is 0 Å². The summed E-state index contributed by atoms with van der Waals surface area (Å²) in [6.45, 7) is 5.00. The zero-order valence-corrected chi connectivity index (χ0v) is 22.4. The van der Waals surface area contributed by atoms with Gasteiger partial charge in [-0.25, -0.2) is 13.3 Å². The van der Waals surface area contributed by atoms with Crippen LogP contribution in [-0.2, 0) is 4.74 Å². The second kappa shape index (κ2) is 10.8. The predicted molar refractivity (Wildman–Crippen MR) is 147 cm³/mol. The van der Waals surface area contributed by atoms with Crippen LogP contribution in [0.4, 0.5) is 14.5 Å². The zero-order chi connectivity index (χ0) is 27.8. The maximum Gasteiger partial charge on any atom is 0.251 e. The number of amides is 1. The predicted octanol–water partition coefficient (Wildman–Crippen LogP) is 3.62. The molecule has 0 aliphatic carbocycles. The van der Waals surface area contributed by atoms with Gasteiger partial charge in [-0.15, -0.1) is 0 Å². The van der Waals surface area contributed by atoms with E-state index in [4.69, 9.17) is 14.5 Å². The summed E-state index contributed by atoms with van der Waals surface area (Å²) in [6, 6.07) is 10.4. The van der Waals surface area contributed by atoms with Crippen LogP contribution in [0.5, 0.6) is 5.88 Å². The first kappa shape index (κ1) is 26.1. The molecule has 6 rings (SSSR count). The number of anilines is 1. The van der Waals surface area contributed by atoms with Crippen LogP contribution in [-0.4, -0.2) is 85.0 Å². The standard InChI is InChI=1S/C29H30F2N6O3/c1-32-28(38)19-13-22(26(31)25(30)14-19)23-15-33-37-16-24(29(34-27(23)37)40-21-7-12-39-17-21)18-3-5-20(6-4-18)36-10-8-35(2)9-11-36/h3-6,13-16,21H,7-12,17H2,1-2H3,(H,32,38). The topological polar surface area (TPSA) is 84.2 Å². The Morgan fingerprint density at radius 3 is 2.55 bits per heavy atom. The Kier molecular flexibility index (Phi) is 7.07. The molecule has 0 saturated carbocycles. The number of carbonyl (C=O) groups excluding carboxylic acids is 1. The number of hydrogen-bond donors (Lipinski definition) is 1. The largest absolute Gasteiger partial charge is 0.471 e. The lowest BCUT2D eigenvalue weighted by atomic mass is 10.0. The molecular weight excluding hydrogens is 518 g/mol. The highest BCUT2D eigenvalue weighted by Gasteiger charge is 2.24. The number of carbonyl (C=O) groups is 1. The fourth-order valence-corrected chi connectivity index (χ4v) is 5.11. The average molecular weight is 549 g/mol. The first-order valence-electron chi connectivity index (χ1n) is 13.3. The minimum absolute atomic E-state index is 0.00705. The molecule has 208 valence electrons. The summed E-state index contributed by atoms with van der Waals surface area (Å²) in [5.74, 6) is -2.40. The maximum atomic E-state index is 15.0. The Labute approximate surface area is 230 Å². The molecule has 1 unspecified atom stereocenters. The van der Waals surface area contributed by atoms with Crippen molar-refractivity contribution >= 4 is 17.2 Å². The molecule has 0 spiro atoms. The van der Waals surface area contributed by atoms with Crippen LogP contribution in [0, 0.1) is 11.6 Å². The Hall–Kier alpha value is -4.09. The summed E-state index contributed by atoms with van der Waals surface area (Å²) < 4.78 is 42.8. The number of piperazine rings is 1. The van der Waals surface area contributed by atoms with Crippen LogP contribution in [0.3, 0.4) is 0 Å². The van der Waals surface area contributed by atoms with E-state index in [-0.39, 0.29) is 28.4 Å². The van der Waals surface area contributed by atoms with Crippen LogP contribution in [0.15, 0.2) is 48.8 Å². The third-order valence-electron chi connectivity index (χ3n) is 7.48. The number of nitrogens with one attached hydrogen (secondary N) is 1. The van der Waals surface area contributed by atoms with Crippen molar-refractivity contribution in [3.63, 3.8) is 0 Å². The van der Waals surface area contributed by atoms with Gasteiger partial charge in [0.15, 0.2) is 17.3 Å². The molecule has 2 aliphatic heterocycles. The van der Waals surface area contributed by atoms with Crippen molar-refractivity contribution < 1.29 is 23.0 Å². The molecule has 9 nitrogen and oxygen atoms in total. The number of likely N-dealkylation sites (N-methyl/N-ethyl adjacent to an activating group) is 1. The smallest absolute Gasteiger partial charge is 0.251 e. The van der Waals surface area contributed by atoms with E-state index in [1.807, 2.05) is 12.1 Å². The molecule has 11 heteroatoms. The van der Waals surface area contributed by atoms with E-state index >= 15 is 0 Å². The number of nitrogens with zero attached hydrogens (tertiary/aromatic N) is 5. The van der Waals surface area contributed by atoms with Crippen molar-refractivity contribution in [2.45, 2.75) is 12.5 Å². The second-order valence-electron chi connectivity index (χ2n) is 10.1.